The molecule has 2 aliphatic heterocycles. The minimum Gasteiger partial charge on any atom is -0.382 e. The maximum absolute atomic E-state index is 14.3. The van der Waals surface area contributed by atoms with Gasteiger partial charge in [-0.15, -0.1) is 0 Å². The van der Waals surface area contributed by atoms with E-state index in [1.54, 1.807) is 16.7 Å². The van der Waals surface area contributed by atoms with Crippen molar-refractivity contribution in [3.8, 4) is 11.1 Å². The molecule has 1 saturated carbocycles. The average Bonchev–Trinajstić information content (AvgIpc) is 3.26. The normalized spacial score (nSPS) is 22.7. The van der Waals surface area contributed by atoms with E-state index < -0.39 is 5.91 Å². The lowest BCUT2D eigenvalue weighted by molar-refractivity contribution is -0.00919. The Bertz CT molecular complexity index is 1480. The summed E-state index contributed by atoms with van der Waals surface area (Å²) in [6.45, 7) is 9.36. The van der Waals surface area contributed by atoms with Crippen molar-refractivity contribution >= 4 is 28.4 Å². The lowest BCUT2D eigenvalue weighted by Crippen LogP contribution is -2.39. The molecule has 1 amide bonds. The van der Waals surface area contributed by atoms with Gasteiger partial charge in [-0.3, -0.25) is 19.1 Å². The summed E-state index contributed by atoms with van der Waals surface area (Å²) in [5, 5.41) is 4.44. The maximum atomic E-state index is 14.3. The van der Waals surface area contributed by atoms with Crippen molar-refractivity contribution in [2.24, 2.45) is 11.1 Å². The van der Waals surface area contributed by atoms with Crippen LogP contribution in [0.15, 0.2) is 36.4 Å². The maximum Gasteiger partial charge on any atom is 0.250 e. The number of carbonyl (C=O) groups excluding carboxylic acids is 2. The first-order chi connectivity index (χ1) is 20.2. The van der Waals surface area contributed by atoms with E-state index in [2.05, 4.69) is 24.1 Å². The first kappa shape index (κ1) is 28.8. The number of anilines is 1. The quantitative estimate of drug-likeness (QED) is 0.381. The summed E-state index contributed by atoms with van der Waals surface area (Å²) in [6, 6.07) is 10.4. The summed E-state index contributed by atoms with van der Waals surface area (Å²) in [5.41, 5.74) is 9.94. The third kappa shape index (κ3) is 5.96. The molecule has 42 heavy (non-hydrogen) atoms. The fraction of sp³-hybridized carbons (Fsp3) is 0.515. The second kappa shape index (κ2) is 11.8. The van der Waals surface area contributed by atoms with Gasteiger partial charge >= 0.3 is 0 Å². The zero-order chi connectivity index (χ0) is 29.4. The Morgan fingerprint density at radius 3 is 2.60 bits per heavy atom. The Kier molecular flexibility index (Phi) is 8.09. The van der Waals surface area contributed by atoms with Crippen LogP contribution in [0.1, 0.15) is 66.8 Å². The Morgan fingerprint density at radius 2 is 1.86 bits per heavy atom. The molecule has 1 aliphatic carbocycles. The van der Waals surface area contributed by atoms with Gasteiger partial charge < -0.3 is 20.5 Å². The van der Waals surface area contributed by atoms with Crippen LogP contribution in [0, 0.1) is 11.2 Å². The summed E-state index contributed by atoms with van der Waals surface area (Å²) in [7, 11) is 0. The van der Waals surface area contributed by atoms with Crippen molar-refractivity contribution in [3.05, 3.63) is 53.5 Å². The van der Waals surface area contributed by atoms with Gasteiger partial charge in [0, 0.05) is 54.4 Å². The Labute approximate surface area is 246 Å². The van der Waals surface area contributed by atoms with Gasteiger partial charge in [-0.25, -0.2) is 4.39 Å². The number of ether oxygens (including phenoxy) is 2. The number of rotatable bonds is 8. The van der Waals surface area contributed by atoms with Crippen LogP contribution < -0.4 is 11.1 Å². The summed E-state index contributed by atoms with van der Waals surface area (Å²) in [4.78, 5) is 28.1. The highest BCUT2D eigenvalue weighted by atomic mass is 19.1. The molecule has 0 radical (unpaired) electrons. The monoisotopic (exact) mass is 576 g/mol. The van der Waals surface area contributed by atoms with Crippen molar-refractivity contribution in [2.45, 2.75) is 64.5 Å². The van der Waals surface area contributed by atoms with Crippen LogP contribution in [0.3, 0.4) is 0 Å². The van der Waals surface area contributed by atoms with Crippen molar-refractivity contribution in [1.82, 2.24) is 9.47 Å². The number of fused-ring (bicyclic) bond motifs is 3. The Morgan fingerprint density at radius 1 is 1.10 bits per heavy atom. The molecule has 8 nitrogen and oxygen atoms in total. The van der Waals surface area contributed by atoms with Gasteiger partial charge in [0.2, 0.25) is 5.91 Å². The zero-order valence-electron chi connectivity index (χ0n) is 24.6. The average molecular weight is 577 g/mol. The molecule has 1 saturated heterocycles. The van der Waals surface area contributed by atoms with E-state index in [4.69, 9.17) is 15.2 Å². The number of primary amides is 1. The first-order valence-corrected chi connectivity index (χ1v) is 15.2. The lowest BCUT2D eigenvalue weighted by atomic mass is 9.80. The summed E-state index contributed by atoms with van der Waals surface area (Å²) < 4.78 is 27.7. The standard InChI is InChI=1S/C33H41FN4O4/c1-33(2)19-29-31(26-10-4-22(34)18-28(26)38(29)30(39)20-33)21-3-9-25(32(35)40)27(17-21)36-23-5-7-24(8-6-23)42-16-13-37-11-14-41-15-12-37/h3-4,9-10,17-18,23-24,36H,5-8,11-16,19-20H2,1-2H3,(H2,35,40). The molecule has 6 rings (SSSR count). The molecule has 0 atom stereocenters. The first-order valence-electron chi connectivity index (χ1n) is 15.2. The smallest absolute Gasteiger partial charge is 0.250 e. The summed E-state index contributed by atoms with van der Waals surface area (Å²) in [6.07, 6.45) is 5.08. The molecule has 1 aromatic heterocycles. The largest absolute Gasteiger partial charge is 0.382 e. The zero-order valence-corrected chi connectivity index (χ0v) is 24.6. The summed E-state index contributed by atoms with van der Waals surface area (Å²) >= 11 is 0. The van der Waals surface area contributed by atoms with E-state index in [1.165, 1.54) is 12.1 Å². The van der Waals surface area contributed by atoms with E-state index in [1.807, 2.05) is 12.1 Å². The van der Waals surface area contributed by atoms with Gasteiger partial charge in [0.15, 0.2) is 0 Å². The van der Waals surface area contributed by atoms with Gasteiger partial charge in [-0.2, -0.15) is 0 Å². The Balaban J connectivity index is 1.22. The van der Waals surface area contributed by atoms with Gasteiger partial charge in [0.25, 0.3) is 5.91 Å². The van der Waals surface area contributed by atoms with Gasteiger partial charge in [-0.05, 0) is 73.4 Å². The third-order valence-electron chi connectivity index (χ3n) is 9.03. The highest BCUT2D eigenvalue weighted by Gasteiger charge is 2.35. The lowest BCUT2D eigenvalue weighted by Gasteiger charge is -2.32. The number of nitrogens with zero attached hydrogens (tertiary/aromatic N) is 2. The predicted octanol–water partition coefficient (Wildman–Crippen LogP) is 5.23. The third-order valence-corrected chi connectivity index (χ3v) is 9.03. The van der Waals surface area contributed by atoms with Crippen LogP contribution in [0.5, 0.6) is 0 Å². The number of aromatic nitrogens is 1. The topological polar surface area (TPSA) is 98.8 Å². The molecule has 9 heteroatoms. The summed E-state index contributed by atoms with van der Waals surface area (Å²) in [5.74, 6) is -0.899. The number of benzene rings is 2. The van der Waals surface area contributed by atoms with Crippen molar-refractivity contribution in [1.29, 1.82) is 0 Å². The second-order valence-corrected chi connectivity index (χ2v) is 12.8. The Hall–Kier alpha value is -3.27. The van der Waals surface area contributed by atoms with Crippen LogP contribution in [0.4, 0.5) is 10.1 Å². The second-order valence-electron chi connectivity index (χ2n) is 12.8. The molecule has 0 bridgehead atoms. The number of morpholine rings is 1. The molecule has 3 heterocycles. The minimum absolute atomic E-state index is 0.0286. The van der Waals surface area contributed by atoms with Crippen molar-refractivity contribution < 1.29 is 23.5 Å². The molecule has 224 valence electrons. The molecule has 2 fully saturated rings. The highest BCUT2D eigenvalue weighted by molar-refractivity contribution is 6.06. The fourth-order valence-corrected chi connectivity index (χ4v) is 6.89. The number of hydrogen-bond donors (Lipinski definition) is 2. The number of halogens is 1. The molecule has 3 N–H and O–H groups in total. The van der Waals surface area contributed by atoms with E-state index in [-0.39, 0.29) is 29.3 Å². The molecule has 0 spiro atoms. The number of nitrogens with one attached hydrogen (secondary N) is 1. The highest BCUT2D eigenvalue weighted by Crippen LogP contribution is 2.43. The van der Waals surface area contributed by atoms with Crippen LogP contribution >= 0.6 is 0 Å². The number of amides is 1. The molecular weight excluding hydrogens is 535 g/mol. The fourth-order valence-electron chi connectivity index (χ4n) is 6.89. The van der Waals surface area contributed by atoms with Crippen LogP contribution in [-0.2, 0) is 15.9 Å². The molecule has 2 aromatic carbocycles. The van der Waals surface area contributed by atoms with Gasteiger partial charge in [-0.1, -0.05) is 19.9 Å². The molecular formula is C33H41FN4O4. The predicted molar refractivity (Wildman–Crippen MR) is 161 cm³/mol. The number of hydrogen-bond acceptors (Lipinski definition) is 6. The molecule has 3 aromatic rings. The van der Waals surface area contributed by atoms with E-state index in [0.29, 0.717) is 29.6 Å². The van der Waals surface area contributed by atoms with Crippen molar-refractivity contribution in [2.75, 3.05) is 44.8 Å². The van der Waals surface area contributed by atoms with Crippen LogP contribution in [0.25, 0.3) is 22.0 Å². The van der Waals surface area contributed by atoms with Crippen LogP contribution in [0.2, 0.25) is 0 Å². The van der Waals surface area contributed by atoms with Gasteiger partial charge in [0.1, 0.15) is 5.82 Å². The van der Waals surface area contributed by atoms with Gasteiger partial charge in [0.05, 0.1) is 37.0 Å². The van der Waals surface area contributed by atoms with Crippen LogP contribution in [-0.4, -0.2) is 72.9 Å². The molecule has 3 aliphatic rings. The van der Waals surface area contributed by atoms with Crippen molar-refractivity contribution in [3.63, 3.8) is 0 Å². The van der Waals surface area contributed by atoms with E-state index >= 15 is 0 Å². The minimum atomic E-state index is -0.494. The number of nitrogens with two attached hydrogens (primary N) is 1. The molecule has 0 unspecified atom stereocenters. The van der Waals surface area contributed by atoms with E-state index in [9.17, 15) is 14.0 Å². The van der Waals surface area contributed by atoms with E-state index in [0.717, 1.165) is 87.3 Å². The SMILES string of the molecule is CC1(C)CC(=O)n2c(c(-c3ccc(C(N)=O)c(NC4CCC(OCCN5CCOCC5)CC4)c3)c3ccc(F)cc32)C1. The number of carbonyl (C=O) groups is 2.